The van der Waals surface area contributed by atoms with Crippen LogP contribution in [0.15, 0.2) is 0 Å². The van der Waals surface area contributed by atoms with E-state index in [1.165, 1.54) is 64.5 Å². The summed E-state index contributed by atoms with van der Waals surface area (Å²) in [7, 11) is 0. The van der Waals surface area contributed by atoms with E-state index in [2.05, 4.69) is 12.2 Å². The van der Waals surface area contributed by atoms with Gasteiger partial charge in [-0.3, -0.25) is 0 Å². The highest BCUT2D eigenvalue weighted by atomic mass is 14.9. The minimum Gasteiger partial charge on any atom is -0.316 e. The zero-order chi connectivity index (χ0) is 10.5. The number of rotatable bonds is 3. The first-order chi connectivity index (χ1) is 7.38. The fourth-order valence-corrected chi connectivity index (χ4v) is 3.58. The molecule has 2 rings (SSSR count). The standard InChI is InChI=1S/C14H27N/c1-2-12-5-3-6-13(9-12)10-14-7-4-8-15-11-14/h12-15H,2-11H2,1H3. The normalized spacial score (nSPS) is 37.8. The highest BCUT2D eigenvalue weighted by Crippen LogP contribution is 2.35. The summed E-state index contributed by atoms with van der Waals surface area (Å²) >= 11 is 0. The molecule has 15 heavy (non-hydrogen) atoms. The van der Waals surface area contributed by atoms with E-state index in [0.717, 1.165) is 17.8 Å². The molecule has 3 atom stereocenters. The molecule has 2 aliphatic rings. The van der Waals surface area contributed by atoms with Crippen LogP contribution in [-0.4, -0.2) is 13.1 Å². The average molecular weight is 209 g/mol. The average Bonchev–Trinajstić information content (AvgIpc) is 2.31. The molecule has 0 spiro atoms. The van der Waals surface area contributed by atoms with Gasteiger partial charge in [0, 0.05) is 0 Å². The van der Waals surface area contributed by atoms with Gasteiger partial charge >= 0.3 is 0 Å². The van der Waals surface area contributed by atoms with E-state index in [9.17, 15) is 0 Å². The number of hydrogen-bond acceptors (Lipinski definition) is 1. The molecular formula is C14H27N. The second-order valence-corrected chi connectivity index (χ2v) is 5.75. The van der Waals surface area contributed by atoms with Gasteiger partial charge in [0.25, 0.3) is 0 Å². The van der Waals surface area contributed by atoms with Crippen molar-refractivity contribution in [2.75, 3.05) is 13.1 Å². The smallest absolute Gasteiger partial charge is 0.00204 e. The van der Waals surface area contributed by atoms with E-state index in [1.54, 1.807) is 0 Å². The summed E-state index contributed by atoms with van der Waals surface area (Å²) in [6.45, 7) is 4.93. The van der Waals surface area contributed by atoms with Crippen LogP contribution in [-0.2, 0) is 0 Å². The quantitative estimate of drug-likeness (QED) is 0.749. The Hall–Kier alpha value is -0.0400. The van der Waals surface area contributed by atoms with Gasteiger partial charge in [0.2, 0.25) is 0 Å². The Morgan fingerprint density at radius 3 is 2.53 bits per heavy atom. The highest BCUT2D eigenvalue weighted by molar-refractivity contribution is 4.77. The van der Waals surface area contributed by atoms with Gasteiger partial charge in [0.05, 0.1) is 0 Å². The highest BCUT2D eigenvalue weighted by Gasteiger charge is 2.24. The molecule has 1 saturated carbocycles. The first-order valence-corrected chi connectivity index (χ1v) is 7.09. The molecule has 1 heterocycles. The largest absolute Gasteiger partial charge is 0.316 e. The first kappa shape index (κ1) is 11.4. The van der Waals surface area contributed by atoms with E-state index >= 15 is 0 Å². The fourth-order valence-electron chi connectivity index (χ4n) is 3.58. The Bertz CT molecular complexity index is 172. The summed E-state index contributed by atoms with van der Waals surface area (Å²) in [5.41, 5.74) is 0. The van der Waals surface area contributed by atoms with E-state index in [-0.39, 0.29) is 0 Å². The molecule has 88 valence electrons. The zero-order valence-corrected chi connectivity index (χ0v) is 10.3. The molecule has 1 aliphatic carbocycles. The maximum atomic E-state index is 3.55. The van der Waals surface area contributed by atoms with Gasteiger partial charge in [-0.25, -0.2) is 0 Å². The van der Waals surface area contributed by atoms with E-state index in [4.69, 9.17) is 0 Å². The Morgan fingerprint density at radius 2 is 1.80 bits per heavy atom. The van der Waals surface area contributed by atoms with Crippen LogP contribution in [0.5, 0.6) is 0 Å². The van der Waals surface area contributed by atoms with Gasteiger partial charge in [-0.2, -0.15) is 0 Å². The summed E-state index contributed by atoms with van der Waals surface area (Å²) in [6, 6.07) is 0. The van der Waals surface area contributed by atoms with Crippen molar-refractivity contribution in [3.8, 4) is 0 Å². The monoisotopic (exact) mass is 209 g/mol. The van der Waals surface area contributed by atoms with Crippen molar-refractivity contribution in [1.82, 2.24) is 5.32 Å². The van der Waals surface area contributed by atoms with Crippen LogP contribution in [0.2, 0.25) is 0 Å². The molecule has 1 N–H and O–H groups in total. The third kappa shape index (κ3) is 3.48. The molecule has 1 aliphatic heterocycles. The van der Waals surface area contributed by atoms with Crippen molar-refractivity contribution in [1.29, 1.82) is 0 Å². The number of hydrogen-bond donors (Lipinski definition) is 1. The van der Waals surface area contributed by atoms with Gasteiger partial charge in [0.1, 0.15) is 0 Å². The van der Waals surface area contributed by atoms with E-state index in [1.807, 2.05) is 0 Å². The van der Waals surface area contributed by atoms with Crippen LogP contribution in [0.4, 0.5) is 0 Å². The molecule has 0 bridgehead atoms. The molecule has 1 heteroatoms. The van der Waals surface area contributed by atoms with Gasteiger partial charge in [0.15, 0.2) is 0 Å². The van der Waals surface area contributed by atoms with Crippen LogP contribution in [0.1, 0.15) is 58.3 Å². The van der Waals surface area contributed by atoms with E-state index in [0.29, 0.717) is 0 Å². The molecule has 0 aromatic heterocycles. The Balaban J connectivity index is 1.72. The van der Waals surface area contributed by atoms with Crippen LogP contribution >= 0.6 is 0 Å². The molecular weight excluding hydrogens is 182 g/mol. The van der Waals surface area contributed by atoms with Crippen molar-refractivity contribution in [2.45, 2.75) is 58.3 Å². The third-order valence-electron chi connectivity index (χ3n) is 4.53. The molecule has 0 amide bonds. The number of piperidine rings is 1. The summed E-state index contributed by atoms with van der Waals surface area (Å²) in [5.74, 6) is 3.12. The van der Waals surface area contributed by atoms with Crippen molar-refractivity contribution < 1.29 is 0 Å². The maximum absolute atomic E-state index is 3.55. The third-order valence-corrected chi connectivity index (χ3v) is 4.53. The summed E-state index contributed by atoms with van der Waals surface area (Å²) < 4.78 is 0. The molecule has 0 aromatic rings. The van der Waals surface area contributed by atoms with E-state index < -0.39 is 0 Å². The minimum absolute atomic E-state index is 0.999. The van der Waals surface area contributed by atoms with Crippen molar-refractivity contribution in [3.05, 3.63) is 0 Å². The second-order valence-electron chi connectivity index (χ2n) is 5.75. The predicted molar refractivity (Wildman–Crippen MR) is 65.9 cm³/mol. The van der Waals surface area contributed by atoms with Crippen molar-refractivity contribution in [2.24, 2.45) is 17.8 Å². The number of nitrogens with one attached hydrogen (secondary N) is 1. The van der Waals surface area contributed by atoms with Crippen molar-refractivity contribution in [3.63, 3.8) is 0 Å². The van der Waals surface area contributed by atoms with Gasteiger partial charge in [-0.1, -0.05) is 32.6 Å². The second kappa shape index (κ2) is 5.89. The lowest BCUT2D eigenvalue weighted by Crippen LogP contribution is -2.31. The summed E-state index contributed by atoms with van der Waals surface area (Å²) in [6.07, 6.45) is 11.9. The van der Waals surface area contributed by atoms with Crippen LogP contribution < -0.4 is 5.32 Å². The lowest BCUT2D eigenvalue weighted by Gasteiger charge is -2.32. The lowest BCUT2D eigenvalue weighted by molar-refractivity contribution is 0.207. The SMILES string of the molecule is CCC1CCCC(CC2CCCNC2)C1. The molecule has 0 radical (unpaired) electrons. The Kier molecular flexibility index (Phi) is 4.49. The molecule has 1 nitrogen and oxygen atoms in total. The van der Waals surface area contributed by atoms with Gasteiger partial charge in [-0.15, -0.1) is 0 Å². The molecule has 0 aromatic carbocycles. The molecule has 3 unspecified atom stereocenters. The predicted octanol–water partition coefficient (Wildman–Crippen LogP) is 3.59. The maximum Gasteiger partial charge on any atom is -0.00204 e. The summed E-state index contributed by atoms with van der Waals surface area (Å²) in [5, 5.41) is 3.55. The van der Waals surface area contributed by atoms with Crippen LogP contribution in [0, 0.1) is 17.8 Å². The Labute approximate surface area is 95.0 Å². The first-order valence-electron chi connectivity index (χ1n) is 7.09. The fraction of sp³-hybridized carbons (Fsp3) is 1.00. The van der Waals surface area contributed by atoms with Crippen LogP contribution in [0.3, 0.4) is 0 Å². The lowest BCUT2D eigenvalue weighted by atomic mass is 9.75. The van der Waals surface area contributed by atoms with Gasteiger partial charge in [-0.05, 0) is 56.5 Å². The topological polar surface area (TPSA) is 12.0 Å². The molecule has 1 saturated heterocycles. The van der Waals surface area contributed by atoms with Gasteiger partial charge < -0.3 is 5.32 Å². The zero-order valence-electron chi connectivity index (χ0n) is 10.3. The Morgan fingerprint density at radius 1 is 1.00 bits per heavy atom. The molecule has 2 fully saturated rings. The summed E-state index contributed by atoms with van der Waals surface area (Å²) in [4.78, 5) is 0. The van der Waals surface area contributed by atoms with Crippen molar-refractivity contribution >= 4 is 0 Å². The minimum atomic E-state index is 0.999. The van der Waals surface area contributed by atoms with Crippen LogP contribution in [0.25, 0.3) is 0 Å².